The van der Waals surface area contributed by atoms with Gasteiger partial charge in [-0.05, 0) is 31.2 Å². The van der Waals surface area contributed by atoms with Crippen LogP contribution in [-0.2, 0) is 4.74 Å². The fourth-order valence-electron chi connectivity index (χ4n) is 2.71. The van der Waals surface area contributed by atoms with E-state index in [0.717, 1.165) is 0 Å². The lowest BCUT2D eigenvalue weighted by Crippen LogP contribution is -2.40. The van der Waals surface area contributed by atoms with E-state index in [1.54, 1.807) is 36.1 Å². The monoisotopic (exact) mass is 372 g/mol. The summed E-state index contributed by atoms with van der Waals surface area (Å²) in [6.07, 6.45) is 0. The molecule has 0 unspecified atom stereocenters. The van der Waals surface area contributed by atoms with Crippen molar-refractivity contribution in [3.8, 4) is 0 Å². The molecule has 1 saturated heterocycles. The quantitative estimate of drug-likeness (QED) is 0.864. The second-order valence-electron chi connectivity index (χ2n) is 6.81. The van der Waals surface area contributed by atoms with Gasteiger partial charge in [0.2, 0.25) is 11.8 Å². The molecular weight excluding hydrogens is 348 g/mol. The average Bonchev–Trinajstić information content (AvgIpc) is 3.19. The highest BCUT2D eigenvalue weighted by molar-refractivity contribution is 5.98. The van der Waals surface area contributed by atoms with Crippen LogP contribution in [0.5, 0.6) is 0 Å². The molecule has 3 rings (SSSR count). The molecule has 0 radical (unpaired) electrons. The number of ether oxygens (including phenoxy) is 1. The lowest BCUT2D eigenvalue weighted by atomic mass is 10.1. The van der Waals surface area contributed by atoms with Crippen LogP contribution >= 0.6 is 0 Å². The summed E-state index contributed by atoms with van der Waals surface area (Å²) in [5.41, 5.74) is 1.02. The minimum absolute atomic E-state index is 0.0503. The van der Waals surface area contributed by atoms with Gasteiger partial charge in [-0.2, -0.15) is 0 Å². The number of amides is 2. The molecule has 0 saturated carbocycles. The maximum Gasteiger partial charge on any atom is 0.254 e. The third-order valence-corrected chi connectivity index (χ3v) is 4.36. The van der Waals surface area contributed by atoms with Gasteiger partial charge in [0, 0.05) is 30.1 Å². The highest BCUT2D eigenvalue weighted by atomic mass is 16.5. The first-order valence-electron chi connectivity index (χ1n) is 9.07. The van der Waals surface area contributed by atoms with Crippen LogP contribution in [0.3, 0.4) is 0 Å². The molecule has 0 spiro atoms. The number of rotatable bonds is 5. The van der Waals surface area contributed by atoms with Gasteiger partial charge in [0.25, 0.3) is 11.8 Å². The number of morpholine rings is 1. The molecule has 2 aromatic rings. The molecule has 27 heavy (non-hydrogen) atoms. The van der Waals surface area contributed by atoms with Crippen molar-refractivity contribution in [1.29, 1.82) is 0 Å². The molecule has 1 aromatic heterocycles. The Labute approximate surface area is 157 Å². The second kappa shape index (κ2) is 8.30. The van der Waals surface area contributed by atoms with Gasteiger partial charge < -0.3 is 19.4 Å². The van der Waals surface area contributed by atoms with E-state index in [2.05, 4.69) is 15.5 Å². The van der Waals surface area contributed by atoms with E-state index in [1.807, 2.05) is 13.8 Å². The first-order chi connectivity index (χ1) is 13.0. The van der Waals surface area contributed by atoms with E-state index in [4.69, 9.17) is 9.15 Å². The summed E-state index contributed by atoms with van der Waals surface area (Å²) in [5.74, 6) is 0.719. The van der Waals surface area contributed by atoms with Gasteiger partial charge >= 0.3 is 0 Å². The maximum absolute atomic E-state index is 12.4. The Kier molecular flexibility index (Phi) is 5.85. The molecule has 144 valence electrons. The normalized spacial score (nSPS) is 15.6. The SMILES string of the molecule is CC(C)c1nnc([C@@H](C)NC(=O)c2ccc(C(=O)N3CCOCC3)cc2)o1. The zero-order chi connectivity index (χ0) is 19.4. The number of hydrogen-bond donors (Lipinski definition) is 1. The van der Waals surface area contributed by atoms with Crippen LogP contribution < -0.4 is 5.32 Å². The van der Waals surface area contributed by atoms with Crippen molar-refractivity contribution in [2.24, 2.45) is 0 Å². The second-order valence-corrected chi connectivity index (χ2v) is 6.81. The molecule has 1 N–H and O–H groups in total. The van der Waals surface area contributed by atoms with E-state index in [0.29, 0.717) is 49.2 Å². The van der Waals surface area contributed by atoms with Gasteiger partial charge in [-0.1, -0.05) is 13.8 Å². The van der Waals surface area contributed by atoms with E-state index in [9.17, 15) is 9.59 Å². The third kappa shape index (κ3) is 4.51. The number of hydrogen-bond acceptors (Lipinski definition) is 6. The van der Waals surface area contributed by atoms with Crippen molar-refractivity contribution in [3.05, 3.63) is 47.2 Å². The molecule has 0 bridgehead atoms. The van der Waals surface area contributed by atoms with Gasteiger partial charge in [-0.3, -0.25) is 9.59 Å². The Morgan fingerprint density at radius 3 is 2.19 bits per heavy atom. The molecule has 8 heteroatoms. The molecule has 1 aromatic carbocycles. The topological polar surface area (TPSA) is 97.6 Å². The largest absolute Gasteiger partial charge is 0.423 e. The summed E-state index contributed by atoms with van der Waals surface area (Å²) in [4.78, 5) is 26.6. The van der Waals surface area contributed by atoms with Crippen molar-refractivity contribution in [2.45, 2.75) is 32.7 Å². The van der Waals surface area contributed by atoms with Crippen LogP contribution in [0.15, 0.2) is 28.7 Å². The lowest BCUT2D eigenvalue weighted by Gasteiger charge is -2.26. The highest BCUT2D eigenvalue weighted by Crippen LogP contribution is 2.17. The standard InChI is InChI=1S/C19H24N4O4/c1-12(2)17-21-22-18(27-17)13(3)20-16(24)14-4-6-15(7-5-14)19(25)23-8-10-26-11-9-23/h4-7,12-13H,8-11H2,1-3H3,(H,20,24)/t13-/m1/s1. The van der Waals surface area contributed by atoms with E-state index in [-0.39, 0.29) is 17.7 Å². The van der Waals surface area contributed by atoms with Crippen LogP contribution in [0.25, 0.3) is 0 Å². The predicted molar refractivity (Wildman–Crippen MR) is 97.4 cm³/mol. The van der Waals surface area contributed by atoms with Gasteiger partial charge in [0.1, 0.15) is 6.04 Å². The summed E-state index contributed by atoms with van der Waals surface area (Å²) in [6, 6.07) is 6.21. The maximum atomic E-state index is 12.4. The number of carbonyl (C=O) groups is 2. The van der Waals surface area contributed by atoms with Crippen molar-refractivity contribution in [3.63, 3.8) is 0 Å². The van der Waals surface area contributed by atoms with Crippen molar-refractivity contribution < 1.29 is 18.7 Å². The summed E-state index contributed by atoms with van der Waals surface area (Å²) >= 11 is 0. The number of nitrogens with one attached hydrogen (secondary N) is 1. The first-order valence-corrected chi connectivity index (χ1v) is 9.07. The van der Waals surface area contributed by atoms with Gasteiger partial charge in [-0.25, -0.2) is 0 Å². The summed E-state index contributed by atoms with van der Waals surface area (Å²) in [7, 11) is 0. The molecule has 2 heterocycles. The molecule has 1 aliphatic rings. The van der Waals surface area contributed by atoms with E-state index >= 15 is 0 Å². The summed E-state index contributed by atoms with van der Waals surface area (Å²) in [5, 5.41) is 10.8. The molecule has 1 fully saturated rings. The predicted octanol–water partition coefficient (Wildman–Crippen LogP) is 2.16. The molecule has 0 aliphatic carbocycles. The van der Waals surface area contributed by atoms with Gasteiger partial charge in [0.15, 0.2) is 0 Å². The minimum Gasteiger partial charge on any atom is -0.423 e. The van der Waals surface area contributed by atoms with Crippen molar-refractivity contribution >= 4 is 11.8 Å². The summed E-state index contributed by atoms with van der Waals surface area (Å²) in [6.45, 7) is 7.98. The minimum atomic E-state index is -0.410. The smallest absolute Gasteiger partial charge is 0.254 e. The van der Waals surface area contributed by atoms with Crippen LogP contribution in [0, 0.1) is 0 Å². The Hall–Kier alpha value is -2.74. The van der Waals surface area contributed by atoms with Crippen molar-refractivity contribution in [2.75, 3.05) is 26.3 Å². The third-order valence-electron chi connectivity index (χ3n) is 4.36. The van der Waals surface area contributed by atoms with Crippen LogP contribution in [0.1, 0.15) is 65.2 Å². The fourth-order valence-corrected chi connectivity index (χ4v) is 2.71. The zero-order valence-electron chi connectivity index (χ0n) is 15.8. The Morgan fingerprint density at radius 1 is 1.00 bits per heavy atom. The number of benzene rings is 1. The molecular formula is C19H24N4O4. The Balaban J connectivity index is 1.62. The van der Waals surface area contributed by atoms with Crippen molar-refractivity contribution in [1.82, 2.24) is 20.4 Å². The number of carbonyl (C=O) groups excluding carboxylic acids is 2. The van der Waals surface area contributed by atoms with Crippen LogP contribution in [0.2, 0.25) is 0 Å². The fraction of sp³-hybridized carbons (Fsp3) is 0.474. The number of nitrogens with zero attached hydrogens (tertiary/aromatic N) is 3. The van der Waals surface area contributed by atoms with Gasteiger partial charge in [0.05, 0.1) is 13.2 Å². The Morgan fingerprint density at radius 2 is 1.59 bits per heavy atom. The average molecular weight is 372 g/mol. The molecule has 8 nitrogen and oxygen atoms in total. The zero-order valence-corrected chi connectivity index (χ0v) is 15.8. The van der Waals surface area contributed by atoms with Crippen LogP contribution in [0.4, 0.5) is 0 Å². The van der Waals surface area contributed by atoms with E-state index < -0.39 is 6.04 Å². The Bertz CT molecular complexity index is 794. The molecule has 1 aliphatic heterocycles. The first kappa shape index (κ1) is 19.0. The number of aromatic nitrogens is 2. The van der Waals surface area contributed by atoms with Gasteiger partial charge in [-0.15, -0.1) is 10.2 Å². The highest BCUT2D eigenvalue weighted by Gasteiger charge is 2.20. The lowest BCUT2D eigenvalue weighted by molar-refractivity contribution is 0.0303. The summed E-state index contributed by atoms with van der Waals surface area (Å²) < 4.78 is 10.8. The van der Waals surface area contributed by atoms with E-state index in [1.165, 1.54) is 0 Å². The molecule has 1 atom stereocenters. The van der Waals surface area contributed by atoms with Crippen LogP contribution in [-0.4, -0.2) is 53.2 Å². The molecule has 2 amide bonds.